The second-order valence-corrected chi connectivity index (χ2v) is 7.08. The van der Waals surface area contributed by atoms with Gasteiger partial charge in [-0.2, -0.15) is 0 Å². The zero-order valence-corrected chi connectivity index (χ0v) is 14.7. The van der Waals surface area contributed by atoms with Crippen molar-refractivity contribution in [2.75, 3.05) is 44.7 Å². The maximum Gasteiger partial charge on any atom is 0.236 e. The van der Waals surface area contributed by atoms with E-state index in [1.165, 1.54) is 19.3 Å². The molecule has 1 aromatic rings. The minimum absolute atomic E-state index is 0.264. The van der Waals surface area contributed by atoms with Gasteiger partial charge in [0.15, 0.2) is 0 Å². The van der Waals surface area contributed by atoms with Crippen LogP contribution in [0, 0.1) is 0 Å². The second-order valence-electron chi connectivity index (χ2n) is 7.08. The smallest absolute Gasteiger partial charge is 0.236 e. The molecule has 1 aliphatic carbocycles. The van der Waals surface area contributed by atoms with Crippen molar-refractivity contribution in [2.24, 2.45) is 0 Å². The Balaban J connectivity index is 1.46. The minimum Gasteiger partial charge on any atom is -0.508 e. The van der Waals surface area contributed by atoms with Crippen LogP contribution in [0.3, 0.4) is 0 Å². The number of piperazine rings is 1. The molecule has 2 aliphatic rings. The van der Waals surface area contributed by atoms with Gasteiger partial charge in [0.05, 0.1) is 6.54 Å². The van der Waals surface area contributed by atoms with E-state index in [-0.39, 0.29) is 5.91 Å². The molecule has 1 heterocycles. The fourth-order valence-corrected chi connectivity index (χ4v) is 3.80. The Morgan fingerprint density at radius 1 is 1.08 bits per heavy atom. The third-order valence-corrected chi connectivity index (χ3v) is 5.46. The van der Waals surface area contributed by atoms with Crippen LogP contribution in [0.15, 0.2) is 24.3 Å². The quantitative estimate of drug-likeness (QED) is 0.920. The number of amides is 1. The first-order valence-electron chi connectivity index (χ1n) is 9.15. The van der Waals surface area contributed by atoms with E-state index in [1.807, 2.05) is 24.1 Å². The van der Waals surface area contributed by atoms with Crippen LogP contribution in [0.1, 0.15) is 32.1 Å². The van der Waals surface area contributed by atoms with E-state index >= 15 is 0 Å². The number of rotatable bonds is 4. The van der Waals surface area contributed by atoms with Crippen molar-refractivity contribution in [3.63, 3.8) is 0 Å². The Labute approximate surface area is 144 Å². The van der Waals surface area contributed by atoms with Gasteiger partial charge in [-0.3, -0.25) is 9.69 Å². The van der Waals surface area contributed by atoms with E-state index < -0.39 is 0 Å². The van der Waals surface area contributed by atoms with Crippen LogP contribution in [0.5, 0.6) is 5.75 Å². The first-order valence-corrected chi connectivity index (χ1v) is 9.15. The number of aromatic hydroxyl groups is 1. The number of phenolic OH excluding ortho intramolecular Hbond substituents is 1. The Morgan fingerprint density at radius 2 is 1.71 bits per heavy atom. The number of carbonyl (C=O) groups is 1. The molecule has 24 heavy (non-hydrogen) atoms. The fourth-order valence-electron chi connectivity index (χ4n) is 3.80. The average molecular weight is 331 g/mol. The average Bonchev–Trinajstić information content (AvgIpc) is 2.63. The fraction of sp³-hybridized carbons (Fsp3) is 0.632. The van der Waals surface area contributed by atoms with Crippen molar-refractivity contribution >= 4 is 11.6 Å². The Hall–Kier alpha value is -1.75. The normalized spacial score (nSPS) is 20.1. The summed E-state index contributed by atoms with van der Waals surface area (Å²) in [5.74, 6) is 0.564. The molecule has 2 fully saturated rings. The molecule has 1 saturated heterocycles. The molecule has 1 saturated carbocycles. The van der Waals surface area contributed by atoms with E-state index in [9.17, 15) is 9.90 Å². The summed E-state index contributed by atoms with van der Waals surface area (Å²) in [6.07, 6.45) is 6.16. The zero-order chi connectivity index (χ0) is 16.9. The molecule has 0 unspecified atom stereocenters. The third kappa shape index (κ3) is 4.20. The predicted molar refractivity (Wildman–Crippen MR) is 96.4 cm³/mol. The SMILES string of the molecule is CN(C(=O)CN1CCN(c2ccc(O)cc2)CC1)C1CCCCC1. The van der Waals surface area contributed by atoms with Crippen molar-refractivity contribution in [3.05, 3.63) is 24.3 Å². The molecule has 0 radical (unpaired) electrons. The van der Waals surface area contributed by atoms with Crippen LogP contribution in [0.25, 0.3) is 0 Å². The lowest BCUT2D eigenvalue weighted by Crippen LogP contribution is -2.51. The van der Waals surface area contributed by atoms with Crippen LogP contribution >= 0.6 is 0 Å². The van der Waals surface area contributed by atoms with Crippen LogP contribution in [-0.2, 0) is 4.79 Å². The predicted octanol–water partition coefficient (Wildman–Crippen LogP) is 2.31. The molecule has 1 aromatic carbocycles. The molecule has 0 aromatic heterocycles. The van der Waals surface area contributed by atoms with Crippen LogP contribution < -0.4 is 4.90 Å². The summed E-state index contributed by atoms with van der Waals surface area (Å²) < 4.78 is 0. The lowest BCUT2D eigenvalue weighted by Gasteiger charge is -2.37. The molecule has 3 rings (SSSR count). The van der Waals surface area contributed by atoms with Gasteiger partial charge >= 0.3 is 0 Å². The molecule has 0 atom stereocenters. The van der Waals surface area contributed by atoms with Crippen LogP contribution in [0.4, 0.5) is 5.69 Å². The number of phenols is 1. The maximum absolute atomic E-state index is 12.5. The zero-order valence-electron chi connectivity index (χ0n) is 14.7. The lowest BCUT2D eigenvalue weighted by atomic mass is 9.94. The molecule has 5 nitrogen and oxygen atoms in total. The van der Waals surface area contributed by atoms with Gasteiger partial charge < -0.3 is 14.9 Å². The molecule has 1 N–H and O–H groups in total. The first-order chi connectivity index (χ1) is 11.6. The monoisotopic (exact) mass is 331 g/mol. The summed E-state index contributed by atoms with van der Waals surface area (Å²) in [5, 5.41) is 9.39. The van der Waals surface area contributed by atoms with E-state index in [1.54, 1.807) is 12.1 Å². The largest absolute Gasteiger partial charge is 0.508 e. The maximum atomic E-state index is 12.5. The molecule has 1 amide bonds. The van der Waals surface area contributed by atoms with Crippen molar-refractivity contribution in [1.82, 2.24) is 9.80 Å². The van der Waals surface area contributed by atoms with Crippen molar-refractivity contribution in [2.45, 2.75) is 38.1 Å². The standard InChI is InChI=1S/C19H29N3O2/c1-20(16-5-3-2-4-6-16)19(24)15-21-11-13-22(14-12-21)17-7-9-18(23)10-8-17/h7-10,16,23H,2-6,11-15H2,1H3. The number of nitrogens with zero attached hydrogens (tertiary/aromatic N) is 3. The summed E-state index contributed by atoms with van der Waals surface area (Å²) in [6, 6.07) is 7.80. The van der Waals surface area contributed by atoms with Gasteiger partial charge in [0, 0.05) is 45.0 Å². The van der Waals surface area contributed by atoms with Crippen molar-refractivity contribution in [1.29, 1.82) is 0 Å². The molecule has 1 aliphatic heterocycles. The molecule has 132 valence electrons. The Morgan fingerprint density at radius 3 is 2.33 bits per heavy atom. The Bertz CT molecular complexity index is 532. The molecular weight excluding hydrogens is 302 g/mol. The number of hydrogen-bond acceptors (Lipinski definition) is 4. The van der Waals surface area contributed by atoms with Crippen molar-refractivity contribution in [3.8, 4) is 5.75 Å². The highest BCUT2D eigenvalue weighted by molar-refractivity contribution is 5.78. The molecular formula is C19H29N3O2. The number of anilines is 1. The highest BCUT2D eigenvalue weighted by Gasteiger charge is 2.25. The Kier molecular flexibility index (Phi) is 5.61. The van der Waals surface area contributed by atoms with E-state index in [0.29, 0.717) is 18.3 Å². The first kappa shape index (κ1) is 17.1. The molecule has 0 spiro atoms. The highest BCUT2D eigenvalue weighted by atomic mass is 16.3. The van der Waals surface area contributed by atoms with Gasteiger partial charge in [-0.1, -0.05) is 19.3 Å². The van der Waals surface area contributed by atoms with Gasteiger partial charge in [0.25, 0.3) is 0 Å². The van der Waals surface area contributed by atoms with Crippen LogP contribution in [0.2, 0.25) is 0 Å². The molecule has 0 bridgehead atoms. The van der Waals surface area contributed by atoms with E-state index in [4.69, 9.17) is 0 Å². The van der Waals surface area contributed by atoms with Gasteiger partial charge in [-0.05, 0) is 37.1 Å². The van der Waals surface area contributed by atoms with Gasteiger partial charge in [-0.15, -0.1) is 0 Å². The second kappa shape index (κ2) is 7.88. The van der Waals surface area contributed by atoms with Crippen molar-refractivity contribution < 1.29 is 9.90 Å². The minimum atomic E-state index is 0.264. The summed E-state index contributed by atoms with van der Waals surface area (Å²) in [5.41, 5.74) is 1.14. The van der Waals surface area contributed by atoms with Crippen LogP contribution in [-0.4, -0.2) is 66.6 Å². The summed E-state index contributed by atoms with van der Waals surface area (Å²) in [6.45, 7) is 4.20. The number of benzene rings is 1. The summed E-state index contributed by atoms with van der Waals surface area (Å²) >= 11 is 0. The third-order valence-electron chi connectivity index (χ3n) is 5.46. The topological polar surface area (TPSA) is 47.0 Å². The number of carbonyl (C=O) groups excluding carboxylic acids is 1. The van der Waals surface area contributed by atoms with E-state index in [2.05, 4.69) is 9.80 Å². The number of hydrogen-bond donors (Lipinski definition) is 1. The number of likely N-dealkylation sites (N-methyl/N-ethyl adjacent to an activating group) is 1. The van der Waals surface area contributed by atoms with Gasteiger partial charge in [0.1, 0.15) is 5.75 Å². The van der Waals surface area contributed by atoms with Gasteiger partial charge in [0.2, 0.25) is 5.91 Å². The summed E-state index contributed by atoms with van der Waals surface area (Å²) in [7, 11) is 1.98. The summed E-state index contributed by atoms with van der Waals surface area (Å²) in [4.78, 5) is 19.1. The van der Waals surface area contributed by atoms with Gasteiger partial charge in [-0.25, -0.2) is 0 Å². The van der Waals surface area contributed by atoms with E-state index in [0.717, 1.165) is 44.7 Å². The highest BCUT2D eigenvalue weighted by Crippen LogP contribution is 2.22. The molecule has 5 heteroatoms. The lowest BCUT2D eigenvalue weighted by molar-refractivity contribution is -0.133.